The van der Waals surface area contributed by atoms with E-state index in [1.807, 2.05) is 30.3 Å². The number of hydrogen-bond acceptors (Lipinski definition) is 3. The van der Waals surface area contributed by atoms with Crippen molar-refractivity contribution in [3.63, 3.8) is 0 Å². The lowest BCUT2D eigenvalue weighted by Crippen LogP contribution is -2.13. The van der Waals surface area contributed by atoms with Crippen molar-refractivity contribution in [2.75, 3.05) is 12.4 Å². The molecule has 5 heteroatoms. The van der Waals surface area contributed by atoms with Gasteiger partial charge in [-0.3, -0.25) is 4.79 Å². The van der Waals surface area contributed by atoms with Crippen LogP contribution in [0.2, 0.25) is 0 Å². The van der Waals surface area contributed by atoms with Gasteiger partial charge in [0.15, 0.2) is 0 Å². The zero-order valence-electron chi connectivity index (χ0n) is 13.7. The van der Waals surface area contributed by atoms with E-state index in [-0.39, 0.29) is 5.91 Å². The molecule has 1 fully saturated rings. The van der Waals surface area contributed by atoms with Crippen molar-refractivity contribution >= 4 is 22.6 Å². The van der Waals surface area contributed by atoms with E-state index >= 15 is 0 Å². The Morgan fingerprint density at radius 2 is 2.04 bits per heavy atom. The number of nitrogens with zero attached hydrogens (tertiary/aromatic N) is 2. The number of rotatable bonds is 4. The van der Waals surface area contributed by atoms with Crippen LogP contribution in [-0.4, -0.2) is 22.6 Å². The summed E-state index contributed by atoms with van der Waals surface area (Å²) in [6, 6.07) is 13.0. The van der Waals surface area contributed by atoms with Gasteiger partial charge in [-0.05, 0) is 43.2 Å². The van der Waals surface area contributed by atoms with Crippen LogP contribution in [0.15, 0.2) is 42.5 Å². The number of carbonyl (C=O) groups is 1. The third-order valence-electron chi connectivity index (χ3n) is 4.47. The molecule has 5 nitrogen and oxygen atoms in total. The summed E-state index contributed by atoms with van der Waals surface area (Å²) < 4.78 is 7.40. The summed E-state index contributed by atoms with van der Waals surface area (Å²) in [5.41, 5.74) is 3.25. The number of carbonyl (C=O) groups excluding carboxylic acids is 1. The quantitative estimate of drug-likeness (QED) is 0.797. The van der Waals surface area contributed by atoms with Crippen LogP contribution in [0.3, 0.4) is 0 Å². The highest BCUT2D eigenvalue weighted by Crippen LogP contribution is 2.40. The molecule has 1 N–H and O–H groups in total. The Kier molecular flexibility index (Phi) is 3.49. The summed E-state index contributed by atoms with van der Waals surface area (Å²) in [4.78, 5) is 17.2. The number of imidazole rings is 1. The van der Waals surface area contributed by atoms with Crippen molar-refractivity contribution in [1.29, 1.82) is 0 Å². The maximum Gasteiger partial charge on any atom is 0.259 e. The molecule has 3 aromatic rings. The SMILES string of the molecule is COc1ccccc1C(=O)Nc1ccc2c(c1)nc(C1CC1)n2C. The first-order chi connectivity index (χ1) is 11.7. The van der Waals surface area contributed by atoms with E-state index in [2.05, 4.69) is 16.9 Å². The summed E-state index contributed by atoms with van der Waals surface area (Å²) in [5.74, 6) is 2.10. The van der Waals surface area contributed by atoms with Gasteiger partial charge in [-0.25, -0.2) is 4.98 Å². The molecule has 0 atom stereocenters. The summed E-state index contributed by atoms with van der Waals surface area (Å²) in [7, 11) is 3.61. The van der Waals surface area contributed by atoms with Gasteiger partial charge in [0.25, 0.3) is 5.91 Å². The lowest BCUT2D eigenvalue weighted by molar-refractivity contribution is 0.102. The molecule has 4 rings (SSSR count). The predicted molar refractivity (Wildman–Crippen MR) is 93.6 cm³/mol. The van der Waals surface area contributed by atoms with E-state index in [0.29, 0.717) is 17.2 Å². The fourth-order valence-electron chi connectivity index (χ4n) is 3.03. The molecule has 2 aromatic carbocycles. The number of para-hydroxylation sites is 1. The fraction of sp³-hybridized carbons (Fsp3) is 0.263. The number of nitrogens with one attached hydrogen (secondary N) is 1. The highest BCUT2D eigenvalue weighted by molar-refractivity contribution is 6.06. The Labute approximate surface area is 140 Å². The summed E-state index contributed by atoms with van der Waals surface area (Å²) in [6.07, 6.45) is 2.43. The maximum absolute atomic E-state index is 12.5. The maximum atomic E-state index is 12.5. The first-order valence-electron chi connectivity index (χ1n) is 8.08. The van der Waals surface area contributed by atoms with Crippen LogP contribution < -0.4 is 10.1 Å². The number of hydrogen-bond donors (Lipinski definition) is 1. The standard InChI is InChI=1S/C19H19N3O2/c1-22-16-10-9-13(11-15(16)21-18(22)12-7-8-12)20-19(23)14-5-3-4-6-17(14)24-2/h3-6,9-12H,7-8H2,1-2H3,(H,20,23). The van der Waals surface area contributed by atoms with Crippen LogP contribution in [0.25, 0.3) is 11.0 Å². The lowest BCUT2D eigenvalue weighted by atomic mass is 10.2. The van der Waals surface area contributed by atoms with Crippen LogP contribution in [0.1, 0.15) is 34.9 Å². The molecule has 0 saturated heterocycles. The van der Waals surface area contributed by atoms with Crippen molar-refractivity contribution in [1.82, 2.24) is 9.55 Å². The van der Waals surface area contributed by atoms with Crippen LogP contribution in [0, 0.1) is 0 Å². The first-order valence-corrected chi connectivity index (χ1v) is 8.08. The van der Waals surface area contributed by atoms with E-state index in [1.165, 1.54) is 12.8 Å². The van der Waals surface area contributed by atoms with Gasteiger partial charge in [0.05, 0.1) is 23.7 Å². The lowest BCUT2D eigenvalue weighted by Gasteiger charge is -2.09. The van der Waals surface area contributed by atoms with Crippen LogP contribution in [0.5, 0.6) is 5.75 Å². The average molecular weight is 321 g/mol. The Bertz CT molecular complexity index is 926. The smallest absolute Gasteiger partial charge is 0.259 e. The van der Waals surface area contributed by atoms with Crippen molar-refractivity contribution in [2.45, 2.75) is 18.8 Å². The highest BCUT2D eigenvalue weighted by atomic mass is 16.5. The highest BCUT2D eigenvalue weighted by Gasteiger charge is 2.28. The molecular formula is C19H19N3O2. The average Bonchev–Trinajstić information content (AvgIpc) is 3.39. The van der Waals surface area contributed by atoms with Crippen molar-refractivity contribution < 1.29 is 9.53 Å². The normalized spacial score (nSPS) is 13.9. The van der Waals surface area contributed by atoms with E-state index in [9.17, 15) is 4.79 Å². The fourth-order valence-corrected chi connectivity index (χ4v) is 3.03. The largest absolute Gasteiger partial charge is 0.496 e. The summed E-state index contributed by atoms with van der Waals surface area (Å²) in [5, 5.41) is 2.93. The molecule has 1 aliphatic carbocycles. The molecule has 122 valence electrons. The zero-order valence-corrected chi connectivity index (χ0v) is 13.7. The van der Waals surface area contributed by atoms with E-state index in [0.717, 1.165) is 22.5 Å². The van der Waals surface area contributed by atoms with E-state index < -0.39 is 0 Å². The molecule has 1 heterocycles. The van der Waals surface area contributed by atoms with Crippen LogP contribution in [-0.2, 0) is 7.05 Å². The molecule has 0 aliphatic heterocycles. The van der Waals surface area contributed by atoms with Gasteiger partial charge < -0.3 is 14.6 Å². The number of fused-ring (bicyclic) bond motifs is 1. The molecule has 1 saturated carbocycles. The van der Waals surface area contributed by atoms with Gasteiger partial charge >= 0.3 is 0 Å². The second kappa shape index (κ2) is 5.67. The Morgan fingerprint density at radius 1 is 1.25 bits per heavy atom. The number of aryl methyl sites for hydroxylation is 1. The Hall–Kier alpha value is -2.82. The Balaban J connectivity index is 1.63. The topological polar surface area (TPSA) is 56.1 Å². The number of amides is 1. The number of methoxy groups -OCH3 is 1. The van der Waals surface area contributed by atoms with Crippen molar-refractivity contribution in [2.24, 2.45) is 7.05 Å². The summed E-state index contributed by atoms with van der Waals surface area (Å²) in [6.45, 7) is 0. The van der Waals surface area contributed by atoms with Crippen molar-refractivity contribution in [3.8, 4) is 5.75 Å². The second-order valence-electron chi connectivity index (χ2n) is 6.16. The monoisotopic (exact) mass is 321 g/mol. The molecule has 1 aliphatic rings. The molecule has 1 amide bonds. The minimum atomic E-state index is -0.190. The van der Waals surface area contributed by atoms with Gasteiger partial charge in [-0.15, -0.1) is 0 Å². The third-order valence-corrected chi connectivity index (χ3v) is 4.47. The molecule has 1 aromatic heterocycles. The number of aromatic nitrogens is 2. The predicted octanol–water partition coefficient (Wildman–Crippen LogP) is 3.71. The molecular weight excluding hydrogens is 302 g/mol. The molecule has 0 spiro atoms. The summed E-state index contributed by atoms with van der Waals surface area (Å²) >= 11 is 0. The first kappa shape index (κ1) is 14.8. The van der Waals surface area contributed by atoms with E-state index in [4.69, 9.17) is 9.72 Å². The van der Waals surface area contributed by atoms with Crippen LogP contribution >= 0.6 is 0 Å². The number of ether oxygens (including phenoxy) is 1. The third kappa shape index (κ3) is 2.52. The number of benzene rings is 2. The van der Waals surface area contributed by atoms with Crippen LogP contribution in [0.4, 0.5) is 5.69 Å². The van der Waals surface area contributed by atoms with Gasteiger partial charge in [-0.1, -0.05) is 12.1 Å². The second-order valence-corrected chi connectivity index (χ2v) is 6.16. The Morgan fingerprint density at radius 3 is 2.79 bits per heavy atom. The molecule has 0 radical (unpaired) electrons. The minimum absolute atomic E-state index is 0.190. The zero-order chi connectivity index (χ0) is 16.7. The van der Waals surface area contributed by atoms with Gasteiger partial charge in [-0.2, -0.15) is 0 Å². The minimum Gasteiger partial charge on any atom is -0.496 e. The van der Waals surface area contributed by atoms with Gasteiger partial charge in [0.2, 0.25) is 0 Å². The van der Waals surface area contributed by atoms with E-state index in [1.54, 1.807) is 19.2 Å². The van der Waals surface area contributed by atoms with Crippen molar-refractivity contribution in [3.05, 3.63) is 53.9 Å². The molecule has 0 unspecified atom stereocenters. The van der Waals surface area contributed by atoms with Gasteiger partial charge in [0.1, 0.15) is 11.6 Å². The van der Waals surface area contributed by atoms with Gasteiger partial charge in [0, 0.05) is 18.7 Å². The molecule has 24 heavy (non-hydrogen) atoms. The molecule has 0 bridgehead atoms. The number of anilines is 1.